The van der Waals surface area contributed by atoms with Gasteiger partial charge in [-0.15, -0.1) is 0 Å². The van der Waals surface area contributed by atoms with Crippen LogP contribution in [-0.4, -0.2) is 34.9 Å². The van der Waals surface area contributed by atoms with Gasteiger partial charge in [-0.05, 0) is 36.4 Å². The van der Waals surface area contributed by atoms with Crippen molar-refractivity contribution in [3.8, 4) is 0 Å². The van der Waals surface area contributed by atoms with Crippen LogP contribution in [0.25, 0.3) is 0 Å². The molecule has 0 radical (unpaired) electrons. The van der Waals surface area contributed by atoms with Crippen LogP contribution in [0.1, 0.15) is 15.9 Å². The van der Waals surface area contributed by atoms with Crippen molar-refractivity contribution in [2.45, 2.75) is 17.5 Å². The van der Waals surface area contributed by atoms with Crippen LogP contribution in [0.2, 0.25) is 0 Å². The minimum absolute atomic E-state index is 0.113. The molecule has 6 nitrogen and oxygen atoms in total. The number of carbonyl (C=O) groups excluding carboxylic acids is 1. The number of hydroxylamine groups is 1. The number of carbonyl (C=O) groups is 1. The maximum absolute atomic E-state index is 13.0. The van der Waals surface area contributed by atoms with Gasteiger partial charge in [0.05, 0.1) is 9.73 Å². The number of benzene rings is 2. The monoisotopic (exact) mass is 397 g/mol. The van der Waals surface area contributed by atoms with Crippen LogP contribution in [0.4, 0.5) is 13.2 Å². The molecule has 1 N–H and O–H groups in total. The standard InChI is InChI=1S/C17H14F3N3O3S/c1-27(25,13-8-6-12(18)7-9-13)23-16(24)11-4-2-10(3-5-11)15-21-17(14(19)20)26-22-15/h2-9,14,17H,1H3,(H,21,22). The number of nitrogens with zero attached hydrogens (tertiary/aromatic N) is 2. The third kappa shape index (κ3) is 4.34. The van der Waals surface area contributed by atoms with E-state index in [2.05, 4.69) is 19.7 Å². The second-order valence-corrected chi connectivity index (χ2v) is 7.91. The number of halogens is 3. The smallest absolute Gasteiger partial charge is 0.266 e. The molecule has 2 aromatic rings. The zero-order chi connectivity index (χ0) is 19.6. The lowest BCUT2D eigenvalue weighted by Crippen LogP contribution is -2.22. The van der Waals surface area contributed by atoms with Crippen molar-refractivity contribution in [3.05, 3.63) is 65.5 Å². The average molecular weight is 397 g/mol. The van der Waals surface area contributed by atoms with Gasteiger partial charge in [-0.2, -0.15) is 4.36 Å². The minimum atomic E-state index is -3.05. The molecule has 0 fully saturated rings. The van der Waals surface area contributed by atoms with Crippen LogP contribution >= 0.6 is 0 Å². The van der Waals surface area contributed by atoms with Crippen LogP contribution in [0, 0.1) is 5.82 Å². The molecule has 2 unspecified atom stereocenters. The highest BCUT2D eigenvalue weighted by molar-refractivity contribution is 7.93. The predicted octanol–water partition coefficient (Wildman–Crippen LogP) is 3.00. The molecule has 27 heavy (non-hydrogen) atoms. The molecular weight excluding hydrogens is 383 g/mol. The Hall–Kier alpha value is -2.72. The van der Waals surface area contributed by atoms with E-state index >= 15 is 0 Å². The first-order chi connectivity index (χ1) is 12.8. The number of aliphatic imine (C=N–C) groups is 1. The maximum Gasteiger partial charge on any atom is 0.286 e. The number of hydrogen-bond acceptors (Lipinski definition) is 5. The van der Waals surface area contributed by atoms with E-state index < -0.39 is 34.1 Å². The number of alkyl halides is 2. The van der Waals surface area contributed by atoms with Crippen LogP contribution in [0.15, 0.2) is 62.8 Å². The zero-order valence-corrected chi connectivity index (χ0v) is 14.8. The van der Waals surface area contributed by atoms with Gasteiger partial charge in [-0.1, -0.05) is 12.1 Å². The molecule has 3 rings (SSSR count). The van der Waals surface area contributed by atoms with Crippen molar-refractivity contribution < 1.29 is 27.0 Å². The third-order valence-corrected chi connectivity index (χ3v) is 5.32. The van der Waals surface area contributed by atoms with Crippen molar-refractivity contribution in [2.24, 2.45) is 9.36 Å². The molecule has 1 aliphatic heterocycles. The van der Waals surface area contributed by atoms with E-state index in [-0.39, 0.29) is 16.3 Å². The fraction of sp³-hybridized carbons (Fsp3) is 0.176. The van der Waals surface area contributed by atoms with Crippen LogP contribution in [0.5, 0.6) is 0 Å². The average Bonchev–Trinajstić information content (AvgIpc) is 3.12. The first-order valence-electron chi connectivity index (χ1n) is 7.66. The lowest BCUT2D eigenvalue weighted by atomic mass is 10.1. The van der Waals surface area contributed by atoms with Crippen molar-refractivity contribution in [3.63, 3.8) is 0 Å². The van der Waals surface area contributed by atoms with E-state index in [9.17, 15) is 22.2 Å². The van der Waals surface area contributed by atoms with Crippen LogP contribution in [0.3, 0.4) is 0 Å². The van der Waals surface area contributed by atoms with E-state index in [0.29, 0.717) is 5.56 Å². The maximum atomic E-state index is 13.0. The Morgan fingerprint density at radius 1 is 1.19 bits per heavy atom. The van der Waals surface area contributed by atoms with Crippen molar-refractivity contribution in [2.75, 3.05) is 6.26 Å². The van der Waals surface area contributed by atoms with Gasteiger partial charge < -0.3 is 0 Å². The lowest BCUT2D eigenvalue weighted by molar-refractivity contribution is -0.0602. The normalized spacial score (nSPS) is 18.6. The van der Waals surface area contributed by atoms with Gasteiger partial charge in [-0.25, -0.2) is 32.7 Å². The molecule has 1 aliphatic rings. The third-order valence-electron chi connectivity index (χ3n) is 3.66. The highest BCUT2D eigenvalue weighted by Gasteiger charge is 2.27. The fourth-order valence-electron chi connectivity index (χ4n) is 2.26. The molecule has 0 aromatic heterocycles. The quantitative estimate of drug-likeness (QED) is 0.860. The molecule has 2 aromatic carbocycles. The fourth-order valence-corrected chi connectivity index (χ4v) is 3.43. The summed E-state index contributed by atoms with van der Waals surface area (Å²) >= 11 is 0. The van der Waals surface area contributed by atoms with E-state index in [1.165, 1.54) is 42.7 Å². The van der Waals surface area contributed by atoms with Crippen LogP contribution in [-0.2, 0) is 14.6 Å². The highest BCUT2D eigenvalue weighted by atomic mass is 32.2. The van der Waals surface area contributed by atoms with Gasteiger partial charge in [-0.3, -0.25) is 4.79 Å². The first-order valence-corrected chi connectivity index (χ1v) is 9.59. The van der Waals surface area contributed by atoms with Gasteiger partial charge in [0, 0.05) is 22.3 Å². The molecule has 0 bridgehead atoms. The van der Waals surface area contributed by atoms with Gasteiger partial charge in [0.25, 0.3) is 12.3 Å². The highest BCUT2D eigenvalue weighted by Crippen LogP contribution is 2.17. The molecule has 2 atom stereocenters. The number of amidine groups is 1. The summed E-state index contributed by atoms with van der Waals surface area (Å²) in [6.07, 6.45) is -3.07. The Morgan fingerprint density at radius 2 is 1.81 bits per heavy atom. The van der Waals surface area contributed by atoms with Crippen molar-refractivity contribution in [1.29, 1.82) is 0 Å². The molecule has 10 heteroatoms. The van der Waals surface area contributed by atoms with Crippen molar-refractivity contribution in [1.82, 2.24) is 5.48 Å². The summed E-state index contributed by atoms with van der Waals surface area (Å²) in [4.78, 5) is 20.8. The Balaban J connectivity index is 1.81. The predicted molar refractivity (Wildman–Crippen MR) is 92.5 cm³/mol. The van der Waals surface area contributed by atoms with Gasteiger partial charge in [0.15, 0.2) is 5.84 Å². The molecule has 0 saturated carbocycles. The van der Waals surface area contributed by atoms with Crippen molar-refractivity contribution >= 4 is 21.5 Å². The Labute approximate surface area is 153 Å². The number of hydrogen-bond donors (Lipinski definition) is 1. The summed E-state index contributed by atoms with van der Waals surface area (Å²) in [5.41, 5.74) is 2.89. The van der Waals surface area contributed by atoms with E-state index in [1.54, 1.807) is 0 Å². The molecule has 1 heterocycles. The number of amides is 1. The molecule has 0 aliphatic carbocycles. The lowest BCUT2D eigenvalue weighted by Gasteiger charge is -2.05. The first kappa shape index (κ1) is 19.1. The summed E-state index contributed by atoms with van der Waals surface area (Å²) in [6.45, 7) is 0. The van der Waals surface area contributed by atoms with Gasteiger partial charge in [0.1, 0.15) is 5.82 Å². The van der Waals surface area contributed by atoms with Crippen LogP contribution < -0.4 is 5.48 Å². The van der Waals surface area contributed by atoms with Gasteiger partial charge in [0.2, 0.25) is 6.23 Å². The Morgan fingerprint density at radius 3 is 2.37 bits per heavy atom. The summed E-state index contributed by atoms with van der Waals surface area (Å²) in [6, 6.07) is 10.6. The summed E-state index contributed by atoms with van der Waals surface area (Å²) in [7, 11) is -3.05. The topological polar surface area (TPSA) is 80.1 Å². The Kier molecular flexibility index (Phi) is 5.29. The molecule has 0 saturated heterocycles. The number of nitrogens with one attached hydrogen (secondary N) is 1. The number of rotatable bonds is 4. The summed E-state index contributed by atoms with van der Waals surface area (Å²) in [5.74, 6) is -1.10. The summed E-state index contributed by atoms with van der Waals surface area (Å²) in [5, 5.41) is 0. The summed E-state index contributed by atoms with van der Waals surface area (Å²) < 4.78 is 54.4. The van der Waals surface area contributed by atoms with Gasteiger partial charge >= 0.3 is 0 Å². The van der Waals surface area contributed by atoms with E-state index in [0.717, 1.165) is 12.1 Å². The SMILES string of the molecule is CS(=O)(=NC(=O)c1ccc(C2=NC(C(F)F)ON2)cc1)c1ccc(F)cc1. The largest absolute Gasteiger partial charge is 0.286 e. The molecule has 0 spiro atoms. The minimum Gasteiger partial charge on any atom is -0.266 e. The van der Waals surface area contributed by atoms with E-state index in [1.807, 2.05) is 0 Å². The zero-order valence-electron chi connectivity index (χ0n) is 13.9. The molecule has 142 valence electrons. The van der Waals surface area contributed by atoms with E-state index in [4.69, 9.17) is 0 Å². The Bertz CT molecular complexity index is 998. The molecule has 1 amide bonds. The second-order valence-electron chi connectivity index (χ2n) is 5.65. The molecular formula is C17H14F3N3O3S. The second kappa shape index (κ2) is 7.49.